The summed E-state index contributed by atoms with van der Waals surface area (Å²) in [7, 11) is 0. The monoisotopic (exact) mass is 394 g/mol. The summed E-state index contributed by atoms with van der Waals surface area (Å²) >= 11 is 3.26. The molecular formula is C17H18N2O5S2. The molecular weight excluding hydrogens is 376 g/mol. The first-order chi connectivity index (χ1) is 12.5. The standard InChI is InChI=1S/C17H18N2O5S2/c1-9-7-19(16(22)18-15(9)21)14-6-10(11(8-20)23-14)24-17-25-12-4-2-3-5-13(12)26-17/h2-5,7,10-11,14,17,20H,6,8H2,1H3,(H,18,21,22)/t10-,11+,14+/m0/s1. The number of aromatic amines is 1. The minimum atomic E-state index is -0.584. The Morgan fingerprint density at radius 1 is 1.31 bits per heavy atom. The van der Waals surface area contributed by atoms with Gasteiger partial charge in [0.25, 0.3) is 5.56 Å². The zero-order valence-electron chi connectivity index (χ0n) is 14.0. The van der Waals surface area contributed by atoms with Crippen LogP contribution < -0.4 is 11.2 Å². The number of thioether (sulfide) groups is 2. The molecule has 0 bridgehead atoms. The molecule has 1 saturated heterocycles. The van der Waals surface area contributed by atoms with E-state index in [4.69, 9.17) is 9.47 Å². The number of H-pyrrole nitrogens is 1. The van der Waals surface area contributed by atoms with Crippen LogP contribution in [0.25, 0.3) is 0 Å². The van der Waals surface area contributed by atoms with Crippen molar-refractivity contribution in [3.8, 4) is 0 Å². The van der Waals surface area contributed by atoms with E-state index in [1.54, 1.807) is 30.4 Å². The molecule has 138 valence electrons. The fraction of sp³-hybridized carbons (Fsp3) is 0.412. The van der Waals surface area contributed by atoms with Crippen LogP contribution in [0.5, 0.6) is 0 Å². The number of nitrogens with zero attached hydrogens (tertiary/aromatic N) is 1. The van der Waals surface area contributed by atoms with Crippen LogP contribution in [0.1, 0.15) is 18.2 Å². The molecule has 0 radical (unpaired) electrons. The molecule has 0 saturated carbocycles. The lowest BCUT2D eigenvalue weighted by Crippen LogP contribution is -2.33. The van der Waals surface area contributed by atoms with Crippen molar-refractivity contribution >= 4 is 23.5 Å². The van der Waals surface area contributed by atoms with Crippen molar-refractivity contribution in [1.82, 2.24) is 9.55 Å². The van der Waals surface area contributed by atoms with Gasteiger partial charge in [-0.1, -0.05) is 35.7 Å². The topological polar surface area (TPSA) is 93.6 Å². The SMILES string of the molecule is Cc1cn([C@H]2C[C@H](OC3Sc4ccccc4S3)[C@@H](CO)O2)c(=O)[nH]c1=O. The van der Waals surface area contributed by atoms with Gasteiger partial charge in [-0.2, -0.15) is 0 Å². The second-order valence-electron chi connectivity index (χ2n) is 6.17. The summed E-state index contributed by atoms with van der Waals surface area (Å²) in [5.41, 5.74) is -0.511. The average molecular weight is 394 g/mol. The normalized spacial score (nSPS) is 25.5. The minimum absolute atomic E-state index is 0.122. The summed E-state index contributed by atoms with van der Waals surface area (Å²) in [5, 5.41) is 9.65. The van der Waals surface area contributed by atoms with Gasteiger partial charge in [-0.15, -0.1) is 0 Å². The van der Waals surface area contributed by atoms with Crippen LogP contribution in [0, 0.1) is 6.92 Å². The predicted octanol–water partition coefficient (Wildman–Crippen LogP) is 1.69. The third-order valence-corrected chi connectivity index (χ3v) is 6.93. The van der Waals surface area contributed by atoms with Crippen LogP contribution in [0.2, 0.25) is 0 Å². The smallest absolute Gasteiger partial charge is 0.330 e. The number of hydrogen-bond acceptors (Lipinski definition) is 7. The van der Waals surface area contributed by atoms with Gasteiger partial charge in [0.1, 0.15) is 12.3 Å². The van der Waals surface area contributed by atoms with Crippen LogP contribution >= 0.6 is 23.5 Å². The van der Waals surface area contributed by atoms with Crippen molar-refractivity contribution in [3.63, 3.8) is 0 Å². The van der Waals surface area contributed by atoms with E-state index in [1.807, 2.05) is 12.1 Å². The van der Waals surface area contributed by atoms with E-state index in [0.717, 1.165) is 0 Å². The molecule has 1 fully saturated rings. The molecule has 2 N–H and O–H groups in total. The van der Waals surface area contributed by atoms with Crippen LogP contribution in [0.3, 0.4) is 0 Å². The molecule has 1 aromatic carbocycles. The number of rotatable bonds is 4. The maximum absolute atomic E-state index is 12.1. The van der Waals surface area contributed by atoms with E-state index in [0.29, 0.717) is 12.0 Å². The van der Waals surface area contributed by atoms with Gasteiger partial charge < -0.3 is 14.6 Å². The van der Waals surface area contributed by atoms with E-state index in [2.05, 4.69) is 17.1 Å². The first-order valence-electron chi connectivity index (χ1n) is 8.21. The summed E-state index contributed by atoms with van der Waals surface area (Å²) in [5.74, 6) is 0. The second kappa shape index (κ2) is 7.24. The Labute approximate surface area is 157 Å². The molecule has 2 aliphatic rings. The quantitative estimate of drug-likeness (QED) is 0.815. The largest absolute Gasteiger partial charge is 0.394 e. The maximum Gasteiger partial charge on any atom is 0.330 e. The van der Waals surface area contributed by atoms with E-state index >= 15 is 0 Å². The molecule has 0 aliphatic carbocycles. The molecule has 0 amide bonds. The zero-order valence-corrected chi connectivity index (χ0v) is 15.6. The lowest BCUT2D eigenvalue weighted by molar-refractivity contribution is -0.0582. The molecule has 0 spiro atoms. The molecule has 9 heteroatoms. The van der Waals surface area contributed by atoms with E-state index in [-0.39, 0.29) is 17.5 Å². The molecule has 2 aromatic rings. The van der Waals surface area contributed by atoms with Crippen molar-refractivity contribution < 1.29 is 14.6 Å². The number of aryl methyl sites for hydroxylation is 1. The Morgan fingerprint density at radius 3 is 2.65 bits per heavy atom. The Bertz CT molecular complexity index is 903. The number of nitrogens with one attached hydrogen (secondary N) is 1. The van der Waals surface area contributed by atoms with Gasteiger partial charge in [0.15, 0.2) is 4.77 Å². The van der Waals surface area contributed by atoms with E-state index in [1.165, 1.54) is 20.6 Å². The lowest BCUT2D eigenvalue weighted by atomic mass is 10.2. The van der Waals surface area contributed by atoms with Crippen molar-refractivity contribution in [2.24, 2.45) is 0 Å². The molecule has 26 heavy (non-hydrogen) atoms. The molecule has 7 nitrogen and oxygen atoms in total. The van der Waals surface area contributed by atoms with Crippen LogP contribution in [-0.4, -0.2) is 38.2 Å². The van der Waals surface area contributed by atoms with Crippen molar-refractivity contribution in [2.75, 3.05) is 6.61 Å². The fourth-order valence-electron chi connectivity index (χ4n) is 3.05. The van der Waals surface area contributed by atoms with E-state index < -0.39 is 23.6 Å². The molecule has 2 aliphatic heterocycles. The number of ether oxygens (including phenoxy) is 2. The van der Waals surface area contributed by atoms with Crippen molar-refractivity contribution in [1.29, 1.82) is 0 Å². The number of benzene rings is 1. The number of hydrogen-bond donors (Lipinski definition) is 2. The second-order valence-corrected chi connectivity index (χ2v) is 8.68. The van der Waals surface area contributed by atoms with Gasteiger partial charge >= 0.3 is 5.69 Å². The highest BCUT2D eigenvalue weighted by atomic mass is 32.2. The van der Waals surface area contributed by atoms with Gasteiger partial charge in [0.05, 0.1) is 12.7 Å². The lowest BCUT2D eigenvalue weighted by Gasteiger charge is -2.19. The molecule has 0 unspecified atom stereocenters. The Kier molecular flexibility index (Phi) is 4.98. The first-order valence-corrected chi connectivity index (χ1v) is 9.97. The van der Waals surface area contributed by atoms with Gasteiger partial charge in [0.2, 0.25) is 0 Å². The molecule has 1 aromatic heterocycles. The minimum Gasteiger partial charge on any atom is -0.394 e. The third-order valence-electron chi connectivity index (χ3n) is 4.40. The van der Waals surface area contributed by atoms with Gasteiger partial charge in [-0.3, -0.25) is 14.3 Å². The summed E-state index contributed by atoms with van der Waals surface area (Å²) in [6.45, 7) is 1.43. The highest BCUT2D eigenvalue weighted by Crippen LogP contribution is 2.49. The maximum atomic E-state index is 12.1. The average Bonchev–Trinajstić information content (AvgIpc) is 3.21. The highest BCUT2D eigenvalue weighted by molar-refractivity contribution is 8.19. The van der Waals surface area contributed by atoms with Gasteiger partial charge in [-0.25, -0.2) is 4.79 Å². The first kappa shape index (κ1) is 17.9. The molecule has 3 atom stereocenters. The number of aromatic nitrogens is 2. The molecule has 3 heterocycles. The summed E-state index contributed by atoms with van der Waals surface area (Å²) < 4.78 is 13.2. The highest BCUT2D eigenvalue weighted by Gasteiger charge is 2.40. The number of aliphatic hydroxyl groups is 1. The Balaban J connectivity index is 1.49. The number of fused-ring (bicyclic) bond motifs is 1. The number of aliphatic hydroxyl groups excluding tert-OH is 1. The van der Waals surface area contributed by atoms with Crippen molar-refractivity contribution in [3.05, 3.63) is 56.9 Å². The van der Waals surface area contributed by atoms with Gasteiger partial charge in [-0.05, 0) is 19.1 Å². The summed E-state index contributed by atoms with van der Waals surface area (Å²) in [4.78, 5) is 28.3. The fourth-order valence-corrected chi connectivity index (χ4v) is 5.65. The van der Waals surface area contributed by atoms with Crippen LogP contribution in [0.15, 0.2) is 49.8 Å². The third kappa shape index (κ3) is 3.37. The zero-order chi connectivity index (χ0) is 18.3. The summed E-state index contributed by atoms with van der Waals surface area (Å²) in [6.07, 6.45) is 0.453. The van der Waals surface area contributed by atoms with Gasteiger partial charge in [0, 0.05) is 28.0 Å². The Hall–Kier alpha value is -1.52. The van der Waals surface area contributed by atoms with E-state index in [9.17, 15) is 14.7 Å². The summed E-state index contributed by atoms with van der Waals surface area (Å²) in [6, 6.07) is 8.09. The predicted molar refractivity (Wildman–Crippen MR) is 98.5 cm³/mol. The van der Waals surface area contributed by atoms with Crippen LogP contribution in [-0.2, 0) is 9.47 Å². The van der Waals surface area contributed by atoms with Crippen molar-refractivity contribution in [2.45, 2.75) is 46.3 Å². The Morgan fingerprint density at radius 2 is 2.00 bits per heavy atom. The van der Waals surface area contributed by atoms with Crippen LogP contribution in [0.4, 0.5) is 0 Å². The molecule has 4 rings (SSSR count).